The number of carbonyl (C=O) groups excluding carboxylic acids is 1. The first-order chi connectivity index (χ1) is 13.4. The zero-order chi connectivity index (χ0) is 19.7. The van der Waals surface area contributed by atoms with Gasteiger partial charge in [-0.05, 0) is 25.0 Å². The predicted octanol–water partition coefficient (Wildman–Crippen LogP) is 2.43. The van der Waals surface area contributed by atoms with E-state index in [2.05, 4.69) is 15.5 Å². The largest absolute Gasteiger partial charge is 0.389 e. The van der Waals surface area contributed by atoms with E-state index in [0.29, 0.717) is 48.7 Å². The van der Waals surface area contributed by atoms with Crippen LogP contribution in [0.25, 0.3) is 0 Å². The molecule has 1 N–H and O–H groups in total. The molecule has 3 heterocycles. The van der Waals surface area contributed by atoms with E-state index in [1.807, 2.05) is 0 Å². The highest BCUT2D eigenvalue weighted by atomic mass is 32.2. The highest BCUT2D eigenvalue weighted by molar-refractivity contribution is 7.94. The van der Waals surface area contributed by atoms with Gasteiger partial charge in [-0.1, -0.05) is 16.5 Å². The van der Waals surface area contributed by atoms with E-state index in [0.717, 1.165) is 17.5 Å². The summed E-state index contributed by atoms with van der Waals surface area (Å²) in [5.74, 6) is -0.662. The van der Waals surface area contributed by atoms with E-state index < -0.39 is 20.9 Å². The molecule has 0 unspecified atom stereocenters. The van der Waals surface area contributed by atoms with Crippen molar-refractivity contribution < 1.29 is 27.2 Å². The minimum absolute atomic E-state index is 0.0711. The van der Waals surface area contributed by atoms with Crippen molar-refractivity contribution in [1.82, 2.24) is 4.98 Å². The predicted molar refractivity (Wildman–Crippen MR) is 102 cm³/mol. The lowest BCUT2D eigenvalue weighted by Crippen LogP contribution is -2.24. The molecular weight excluding hydrogens is 429 g/mol. The lowest BCUT2D eigenvalue weighted by molar-refractivity contribution is -0.110. The van der Waals surface area contributed by atoms with Gasteiger partial charge in [-0.3, -0.25) is 10.1 Å². The van der Waals surface area contributed by atoms with E-state index in [9.17, 15) is 17.6 Å². The highest BCUT2D eigenvalue weighted by Crippen LogP contribution is 2.36. The molecule has 2 aromatic heterocycles. The van der Waals surface area contributed by atoms with Gasteiger partial charge >= 0.3 is 0 Å². The van der Waals surface area contributed by atoms with Crippen molar-refractivity contribution in [2.45, 2.75) is 34.8 Å². The summed E-state index contributed by atoms with van der Waals surface area (Å²) in [6.07, 6.45) is 2.65. The molecule has 0 aromatic carbocycles. The number of thiophene rings is 1. The van der Waals surface area contributed by atoms with Crippen molar-refractivity contribution in [1.29, 1.82) is 0 Å². The Balaban J connectivity index is 1.59. The lowest BCUT2D eigenvalue weighted by atomic mass is 10.3. The van der Waals surface area contributed by atoms with Crippen molar-refractivity contribution in [3.63, 3.8) is 0 Å². The van der Waals surface area contributed by atoms with Gasteiger partial charge in [0.15, 0.2) is 31.9 Å². The molecule has 150 valence electrons. The number of sulfone groups is 1. The summed E-state index contributed by atoms with van der Waals surface area (Å²) in [7, 11) is -3.38. The minimum Gasteiger partial charge on any atom is -0.389 e. The summed E-state index contributed by atoms with van der Waals surface area (Å²) in [6.45, 7) is 0.907. The highest BCUT2D eigenvalue weighted by Gasteiger charge is 2.38. The number of hydrogen-bond acceptors (Lipinski definition) is 9. The quantitative estimate of drug-likeness (QED) is 0.518. The Kier molecular flexibility index (Phi) is 5.45. The van der Waals surface area contributed by atoms with Crippen molar-refractivity contribution in [2.75, 3.05) is 18.5 Å². The summed E-state index contributed by atoms with van der Waals surface area (Å²) < 4.78 is 43.4. The molecule has 2 aromatic rings. The second kappa shape index (κ2) is 7.85. The maximum atomic E-state index is 13.1. The van der Waals surface area contributed by atoms with E-state index in [4.69, 9.17) is 9.57 Å². The fraction of sp³-hybridized carbons (Fsp3) is 0.438. The molecule has 4 rings (SSSR count). The standard InChI is InChI=1S/C16H16FN3O5S3/c17-12-7-18-16(27-12)19-15(21)14(20-25-9-5-6-24-8-9)11-3-4-13(26-11)28(22,23)10-1-2-10/h3-4,7,9-10H,1-2,5-6,8H2,(H,18,19,21)/b20-14+/t9-/m1/s1. The lowest BCUT2D eigenvalue weighted by Gasteiger charge is -2.08. The first-order valence-electron chi connectivity index (χ1n) is 8.52. The van der Waals surface area contributed by atoms with E-state index in [1.165, 1.54) is 12.1 Å². The summed E-state index contributed by atoms with van der Waals surface area (Å²) >= 11 is 1.64. The van der Waals surface area contributed by atoms with Crippen molar-refractivity contribution in [2.24, 2.45) is 5.16 Å². The van der Waals surface area contributed by atoms with Crippen LogP contribution in [0.1, 0.15) is 24.1 Å². The number of amides is 1. The smallest absolute Gasteiger partial charge is 0.280 e. The summed E-state index contributed by atoms with van der Waals surface area (Å²) in [5.41, 5.74) is -0.0928. The van der Waals surface area contributed by atoms with Gasteiger partial charge in [-0.15, -0.1) is 11.3 Å². The molecule has 0 bridgehead atoms. The number of hydrogen-bond donors (Lipinski definition) is 1. The molecular formula is C16H16FN3O5S3. The topological polar surface area (TPSA) is 107 Å². The van der Waals surface area contributed by atoms with E-state index in [-0.39, 0.29) is 26.4 Å². The van der Waals surface area contributed by atoms with Crippen LogP contribution < -0.4 is 5.32 Å². The Morgan fingerprint density at radius 3 is 2.79 bits per heavy atom. The molecule has 1 aliphatic heterocycles. The van der Waals surface area contributed by atoms with Crippen LogP contribution in [-0.2, 0) is 24.2 Å². The first-order valence-corrected chi connectivity index (χ1v) is 11.7. The Labute approximate surface area is 168 Å². The third-order valence-corrected chi connectivity index (χ3v) is 8.73. The molecule has 1 amide bonds. The molecule has 2 fully saturated rings. The maximum Gasteiger partial charge on any atom is 0.280 e. The van der Waals surface area contributed by atoms with Crippen LogP contribution in [0.2, 0.25) is 0 Å². The number of oxime groups is 1. The fourth-order valence-corrected chi connectivity index (χ4v) is 6.27. The van der Waals surface area contributed by atoms with Gasteiger partial charge in [-0.2, -0.15) is 4.39 Å². The molecule has 12 heteroatoms. The summed E-state index contributed by atoms with van der Waals surface area (Å²) in [4.78, 5) is 22.2. The van der Waals surface area contributed by atoms with Gasteiger partial charge in [0.05, 0.1) is 29.5 Å². The van der Waals surface area contributed by atoms with Crippen LogP contribution in [0.3, 0.4) is 0 Å². The zero-order valence-corrected chi connectivity index (χ0v) is 16.9. The van der Waals surface area contributed by atoms with Gasteiger partial charge in [-0.25, -0.2) is 13.4 Å². The zero-order valence-electron chi connectivity index (χ0n) is 14.5. The van der Waals surface area contributed by atoms with Gasteiger partial charge in [0.1, 0.15) is 4.21 Å². The molecule has 0 spiro atoms. The SMILES string of the molecule is O=C(Nc1ncc(F)s1)/C(=N/O[C@@H]1CCOC1)c1ccc(S(=O)(=O)C2CC2)s1. The monoisotopic (exact) mass is 445 g/mol. The Morgan fingerprint density at radius 1 is 1.32 bits per heavy atom. The van der Waals surface area contributed by atoms with E-state index >= 15 is 0 Å². The molecule has 1 aliphatic carbocycles. The number of nitrogens with zero attached hydrogens (tertiary/aromatic N) is 2. The average Bonchev–Trinajstić information content (AvgIpc) is 3.04. The Morgan fingerprint density at radius 2 is 2.14 bits per heavy atom. The number of ether oxygens (including phenoxy) is 1. The average molecular weight is 446 g/mol. The number of nitrogens with one attached hydrogen (secondary N) is 1. The van der Waals surface area contributed by atoms with Crippen LogP contribution in [0.5, 0.6) is 0 Å². The van der Waals surface area contributed by atoms with Crippen LogP contribution in [0.15, 0.2) is 27.7 Å². The number of halogens is 1. The second-order valence-electron chi connectivity index (χ2n) is 6.32. The third kappa shape index (κ3) is 4.24. The van der Waals surface area contributed by atoms with Crippen LogP contribution in [0, 0.1) is 5.13 Å². The normalized spacial score (nSPS) is 20.3. The number of carbonyl (C=O) groups is 1. The molecule has 1 saturated carbocycles. The van der Waals surface area contributed by atoms with Crippen LogP contribution >= 0.6 is 22.7 Å². The molecule has 28 heavy (non-hydrogen) atoms. The van der Waals surface area contributed by atoms with Crippen molar-refractivity contribution >= 4 is 49.3 Å². The third-order valence-electron chi connectivity index (χ3n) is 4.15. The van der Waals surface area contributed by atoms with Gasteiger partial charge in [0.25, 0.3) is 5.91 Å². The minimum atomic E-state index is -3.38. The first kappa shape index (κ1) is 19.4. The fourth-order valence-electron chi connectivity index (χ4n) is 2.53. The van der Waals surface area contributed by atoms with Crippen LogP contribution in [0.4, 0.5) is 9.52 Å². The Bertz CT molecular complexity index is 1010. The molecule has 0 radical (unpaired) electrons. The number of rotatable bonds is 7. The second-order valence-corrected chi connectivity index (χ2v) is 10.8. The maximum absolute atomic E-state index is 13.1. The number of aromatic nitrogens is 1. The molecule has 1 saturated heterocycles. The molecule has 1 atom stereocenters. The van der Waals surface area contributed by atoms with Gasteiger partial charge in [0.2, 0.25) is 0 Å². The Hall–Kier alpha value is -1.89. The molecule has 2 aliphatic rings. The van der Waals surface area contributed by atoms with Crippen LogP contribution in [-0.4, -0.2) is 49.6 Å². The van der Waals surface area contributed by atoms with Gasteiger partial charge in [0, 0.05) is 6.42 Å². The molecule has 8 nitrogen and oxygen atoms in total. The number of thiazole rings is 1. The summed E-state index contributed by atoms with van der Waals surface area (Å²) in [6, 6.07) is 2.99. The van der Waals surface area contributed by atoms with E-state index in [1.54, 1.807) is 0 Å². The summed E-state index contributed by atoms with van der Waals surface area (Å²) in [5, 5.41) is 5.60. The number of anilines is 1. The van der Waals surface area contributed by atoms with Crippen molar-refractivity contribution in [3.8, 4) is 0 Å². The van der Waals surface area contributed by atoms with Crippen molar-refractivity contribution in [3.05, 3.63) is 28.3 Å². The van der Waals surface area contributed by atoms with Gasteiger partial charge < -0.3 is 9.57 Å².